The van der Waals surface area contributed by atoms with Gasteiger partial charge in [0.2, 0.25) is 0 Å². The van der Waals surface area contributed by atoms with E-state index < -0.39 is 0 Å². The Hall–Kier alpha value is -1.62. The van der Waals surface area contributed by atoms with Gasteiger partial charge in [0.1, 0.15) is 5.56 Å². The molecule has 0 spiro atoms. The van der Waals surface area contributed by atoms with Gasteiger partial charge in [-0.25, -0.2) is 0 Å². The van der Waals surface area contributed by atoms with Gasteiger partial charge in [0.15, 0.2) is 5.43 Å². The lowest BCUT2D eigenvalue weighted by Crippen LogP contribution is -2.46. The second-order valence-corrected chi connectivity index (χ2v) is 5.69. The van der Waals surface area contributed by atoms with Crippen molar-refractivity contribution in [2.45, 2.75) is 32.7 Å². The normalized spacial score (nSPS) is 17.4. The molecule has 5 nitrogen and oxygen atoms in total. The predicted molar refractivity (Wildman–Crippen MR) is 78.8 cm³/mol. The molecule has 1 unspecified atom stereocenters. The number of hydrogen-bond donors (Lipinski definition) is 2. The first kappa shape index (κ1) is 14.8. The number of H-pyrrole nitrogens is 1. The zero-order valence-corrected chi connectivity index (χ0v) is 12.2. The summed E-state index contributed by atoms with van der Waals surface area (Å²) in [4.78, 5) is 28.9. The van der Waals surface area contributed by atoms with E-state index in [1.54, 1.807) is 0 Å². The molecule has 5 heteroatoms. The van der Waals surface area contributed by atoms with Gasteiger partial charge >= 0.3 is 0 Å². The Morgan fingerprint density at radius 2 is 2.10 bits per heavy atom. The molecular formula is C15H23N3O2. The van der Waals surface area contributed by atoms with Crippen molar-refractivity contribution < 1.29 is 4.79 Å². The largest absolute Gasteiger partial charge is 0.367 e. The number of hydrogen-bond acceptors (Lipinski definition) is 3. The molecule has 1 amide bonds. The molecule has 1 atom stereocenters. The van der Waals surface area contributed by atoms with Crippen molar-refractivity contribution in [1.82, 2.24) is 15.2 Å². The quantitative estimate of drug-likeness (QED) is 0.850. The van der Waals surface area contributed by atoms with Crippen molar-refractivity contribution in [2.24, 2.45) is 5.92 Å². The van der Waals surface area contributed by atoms with Crippen LogP contribution in [0.4, 0.5) is 0 Å². The molecule has 2 rings (SSSR count). The number of carbonyl (C=O) groups excluding carboxylic acids is 1. The lowest BCUT2D eigenvalue weighted by atomic mass is 10.0. The zero-order valence-electron chi connectivity index (χ0n) is 12.2. The topological polar surface area (TPSA) is 65.2 Å². The highest BCUT2D eigenvalue weighted by molar-refractivity contribution is 5.93. The van der Waals surface area contributed by atoms with Gasteiger partial charge in [0.05, 0.1) is 0 Å². The first-order chi connectivity index (χ1) is 9.59. The van der Waals surface area contributed by atoms with Crippen molar-refractivity contribution in [3.05, 3.63) is 34.2 Å². The van der Waals surface area contributed by atoms with Crippen LogP contribution in [0, 0.1) is 5.92 Å². The number of carbonyl (C=O) groups is 1. The summed E-state index contributed by atoms with van der Waals surface area (Å²) in [6, 6.07) is 1.71. The number of likely N-dealkylation sites (tertiary alicyclic amines) is 1. The number of aromatic nitrogens is 1. The van der Waals surface area contributed by atoms with Gasteiger partial charge in [-0.05, 0) is 31.8 Å². The van der Waals surface area contributed by atoms with E-state index in [1.807, 2.05) is 0 Å². The summed E-state index contributed by atoms with van der Waals surface area (Å²) < 4.78 is 0. The fraction of sp³-hybridized carbons (Fsp3) is 0.600. The minimum atomic E-state index is -0.295. The van der Waals surface area contributed by atoms with E-state index in [0.717, 1.165) is 13.1 Å². The van der Waals surface area contributed by atoms with Crippen LogP contribution in [0.3, 0.4) is 0 Å². The van der Waals surface area contributed by atoms with Gasteiger partial charge in [-0.2, -0.15) is 0 Å². The fourth-order valence-corrected chi connectivity index (χ4v) is 2.75. The SMILES string of the molecule is CC(C)C(CNC(=O)c1c[nH]ccc1=O)N1CCCC1. The van der Waals surface area contributed by atoms with E-state index >= 15 is 0 Å². The van der Waals surface area contributed by atoms with Gasteiger partial charge in [0, 0.05) is 31.0 Å². The Morgan fingerprint density at radius 3 is 2.70 bits per heavy atom. The molecule has 1 fully saturated rings. The number of pyridine rings is 1. The summed E-state index contributed by atoms with van der Waals surface area (Å²) in [6.45, 7) is 7.13. The Bertz CT molecular complexity index is 504. The van der Waals surface area contributed by atoms with E-state index in [-0.39, 0.29) is 16.9 Å². The van der Waals surface area contributed by atoms with Crippen LogP contribution in [0.2, 0.25) is 0 Å². The van der Waals surface area contributed by atoms with Crippen molar-refractivity contribution in [3.8, 4) is 0 Å². The number of rotatable bonds is 5. The van der Waals surface area contributed by atoms with Crippen LogP contribution in [0.15, 0.2) is 23.3 Å². The molecule has 1 aromatic heterocycles. The van der Waals surface area contributed by atoms with Crippen LogP contribution >= 0.6 is 0 Å². The summed E-state index contributed by atoms with van der Waals surface area (Å²) >= 11 is 0. The molecule has 2 heterocycles. The number of aromatic amines is 1. The van der Waals surface area contributed by atoms with Gasteiger partial charge in [-0.1, -0.05) is 13.8 Å². The van der Waals surface area contributed by atoms with Crippen LogP contribution in [-0.2, 0) is 0 Å². The molecule has 0 radical (unpaired) electrons. The van der Waals surface area contributed by atoms with E-state index in [1.165, 1.54) is 31.3 Å². The zero-order chi connectivity index (χ0) is 14.5. The average Bonchev–Trinajstić information content (AvgIpc) is 2.92. The molecular weight excluding hydrogens is 254 g/mol. The lowest BCUT2D eigenvalue weighted by Gasteiger charge is -2.30. The second kappa shape index (κ2) is 6.70. The smallest absolute Gasteiger partial charge is 0.256 e. The standard InChI is InChI=1S/C15H23N3O2/c1-11(2)13(18-7-3-4-8-18)10-17-15(20)12-9-16-6-5-14(12)19/h5-6,9,11,13H,3-4,7-8,10H2,1-2H3,(H,16,19)(H,17,20). The van der Waals surface area contributed by atoms with Crippen LogP contribution in [0.5, 0.6) is 0 Å². The second-order valence-electron chi connectivity index (χ2n) is 5.69. The van der Waals surface area contributed by atoms with Crippen molar-refractivity contribution in [2.75, 3.05) is 19.6 Å². The average molecular weight is 277 g/mol. The Kier molecular flexibility index (Phi) is 4.95. The first-order valence-corrected chi connectivity index (χ1v) is 7.29. The third-order valence-electron chi connectivity index (χ3n) is 3.92. The maximum Gasteiger partial charge on any atom is 0.256 e. The van der Waals surface area contributed by atoms with Crippen molar-refractivity contribution in [3.63, 3.8) is 0 Å². The van der Waals surface area contributed by atoms with Crippen LogP contribution in [-0.4, -0.2) is 41.5 Å². The summed E-state index contributed by atoms with van der Waals surface area (Å²) in [5.74, 6) is 0.180. The molecule has 0 saturated carbocycles. The van der Waals surface area contributed by atoms with Gasteiger partial charge < -0.3 is 10.3 Å². The summed E-state index contributed by atoms with van der Waals surface area (Å²) in [5, 5.41) is 2.90. The minimum Gasteiger partial charge on any atom is -0.367 e. The van der Waals surface area contributed by atoms with Crippen LogP contribution < -0.4 is 10.7 Å². The Balaban J connectivity index is 1.97. The Labute approximate surface area is 119 Å². The molecule has 0 aliphatic carbocycles. The van der Waals surface area contributed by atoms with Crippen molar-refractivity contribution in [1.29, 1.82) is 0 Å². The van der Waals surface area contributed by atoms with E-state index in [4.69, 9.17) is 0 Å². The predicted octanol–water partition coefficient (Wildman–Crippen LogP) is 1.23. The molecule has 20 heavy (non-hydrogen) atoms. The molecule has 0 aromatic carbocycles. The molecule has 2 N–H and O–H groups in total. The number of nitrogens with one attached hydrogen (secondary N) is 2. The molecule has 0 bridgehead atoms. The number of nitrogens with zero attached hydrogens (tertiary/aromatic N) is 1. The summed E-state index contributed by atoms with van der Waals surface area (Å²) in [6.07, 6.45) is 5.45. The van der Waals surface area contributed by atoms with Crippen LogP contribution in [0.25, 0.3) is 0 Å². The highest BCUT2D eigenvalue weighted by Gasteiger charge is 2.25. The maximum absolute atomic E-state index is 12.1. The van der Waals surface area contributed by atoms with E-state index in [2.05, 4.69) is 29.0 Å². The monoisotopic (exact) mass is 277 g/mol. The highest BCUT2D eigenvalue weighted by atomic mass is 16.2. The number of amides is 1. The third-order valence-corrected chi connectivity index (χ3v) is 3.92. The molecule has 110 valence electrons. The molecule has 1 saturated heterocycles. The Morgan fingerprint density at radius 1 is 1.40 bits per heavy atom. The van der Waals surface area contributed by atoms with Gasteiger partial charge in [-0.3, -0.25) is 14.5 Å². The highest BCUT2D eigenvalue weighted by Crippen LogP contribution is 2.17. The lowest BCUT2D eigenvalue weighted by molar-refractivity contribution is 0.0926. The van der Waals surface area contributed by atoms with Crippen molar-refractivity contribution >= 4 is 5.91 Å². The molecule has 1 aliphatic rings. The van der Waals surface area contributed by atoms with Gasteiger partial charge in [-0.15, -0.1) is 0 Å². The van der Waals surface area contributed by atoms with Gasteiger partial charge in [0.25, 0.3) is 5.91 Å². The van der Waals surface area contributed by atoms with E-state index in [9.17, 15) is 9.59 Å². The summed E-state index contributed by atoms with van der Waals surface area (Å²) in [5.41, 5.74) is -0.0695. The third kappa shape index (κ3) is 3.48. The summed E-state index contributed by atoms with van der Waals surface area (Å²) in [7, 11) is 0. The maximum atomic E-state index is 12.1. The first-order valence-electron chi connectivity index (χ1n) is 7.29. The van der Waals surface area contributed by atoms with Crippen LogP contribution in [0.1, 0.15) is 37.0 Å². The fourth-order valence-electron chi connectivity index (χ4n) is 2.75. The minimum absolute atomic E-state index is 0.177. The molecule has 1 aromatic rings. The molecule has 1 aliphatic heterocycles. The van der Waals surface area contributed by atoms with E-state index in [0.29, 0.717) is 18.5 Å².